The molecule has 1 atom stereocenters. The van der Waals surface area contributed by atoms with Crippen LogP contribution in [-0.4, -0.2) is 24.0 Å². The molecule has 1 amide bonds. The van der Waals surface area contributed by atoms with E-state index in [-0.39, 0.29) is 5.56 Å². The van der Waals surface area contributed by atoms with E-state index in [4.69, 9.17) is 9.47 Å². The van der Waals surface area contributed by atoms with E-state index in [9.17, 15) is 18.4 Å². The number of aromatic nitrogens is 1. The maximum atomic E-state index is 14.2. The molecule has 6 nitrogen and oxygen atoms in total. The maximum Gasteiger partial charge on any atom is 0.304 e. The minimum atomic E-state index is -1.16. The first-order valence-corrected chi connectivity index (χ1v) is 10.4. The summed E-state index contributed by atoms with van der Waals surface area (Å²) in [5.74, 6) is -1.49. The van der Waals surface area contributed by atoms with Gasteiger partial charge in [-0.1, -0.05) is 0 Å². The summed E-state index contributed by atoms with van der Waals surface area (Å²) in [5, 5.41) is 0.291. The number of esters is 1. The summed E-state index contributed by atoms with van der Waals surface area (Å²) < 4.78 is 38.7. The van der Waals surface area contributed by atoms with Crippen LogP contribution in [0.25, 0.3) is 22.2 Å². The minimum absolute atomic E-state index is 0.172. The van der Waals surface area contributed by atoms with Crippen LogP contribution in [0.15, 0.2) is 66.7 Å². The number of benzene rings is 3. The van der Waals surface area contributed by atoms with Crippen molar-refractivity contribution in [3.05, 3.63) is 89.5 Å². The molecule has 4 aromatic rings. The second-order valence-electron chi connectivity index (χ2n) is 7.75. The molecule has 1 aromatic heterocycles. The highest BCUT2D eigenvalue weighted by molar-refractivity contribution is 6.19. The molecule has 0 fully saturated rings. The molecule has 2 heterocycles. The Morgan fingerprint density at radius 2 is 1.65 bits per heavy atom. The van der Waals surface area contributed by atoms with Gasteiger partial charge in [-0.2, -0.15) is 0 Å². The van der Waals surface area contributed by atoms with Gasteiger partial charge in [0.1, 0.15) is 17.4 Å². The number of hydrogen-bond acceptors (Lipinski definition) is 5. The van der Waals surface area contributed by atoms with Gasteiger partial charge in [0.2, 0.25) is 6.23 Å². The van der Waals surface area contributed by atoms with Crippen LogP contribution in [0.1, 0.15) is 29.1 Å². The number of nitrogens with zero attached hydrogens (tertiary/aromatic N) is 2. The predicted octanol–water partition coefficient (Wildman–Crippen LogP) is 5.41. The number of ether oxygens (including phenoxy) is 2. The molecular formula is C26H18F2N2O4. The van der Waals surface area contributed by atoms with E-state index in [2.05, 4.69) is 4.98 Å². The molecule has 0 spiro atoms. The van der Waals surface area contributed by atoms with Crippen molar-refractivity contribution in [3.8, 4) is 17.0 Å². The summed E-state index contributed by atoms with van der Waals surface area (Å²) in [4.78, 5) is 31.9. The van der Waals surface area contributed by atoms with Crippen LogP contribution in [0.3, 0.4) is 0 Å². The monoisotopic (exact) mass is 460 g/mol. The van der Waals surface area contributed by atoms with Crippen molar-refractivity contribution in [3.63, 3.8) is 0 Å². The largest absolute Gasteiger partial charge is 0.497 e. The molecule has 0 unspecified atom stereocenters. The smallest absolute Gasteiger partial charge is 0.304 e. The van der Waals surface area contributed by atoms with Crippen molar-refractivity contribution in [2.75, 3.05) is 12.0 Å². The third-order valence-corrected chi connectivity index (χ3v) is 5.64. The number of rotatable bonds is 4. The molecule has 0 N–H and O–H groups in total. The second-order valence-corrected chi connectivity index (χ2v) is 7.75. The summed E-state index contributed by atoms with van der Waals surface area (Å²) in [7, 11) is 1.52. The Morgan fingerprint density at radius 3 is 2.29 bits per heavy atom. The number of fused-ring (bicyclic) bond motifs is 3. The summed E-state index contributed by atoms with van der Waals surface area (Å²) in [6.45, 7) is 1.24. The molecule has 0 radical (unpaired) electrons. The Kier molecular flexibility index (Phi) is 5.20. The average Bonchev–Trinajstić information content (AvgIpc) is 3.11. The lowest BCUT2D eigenvalue weighted by Gasteiger charge is -2.25. The van der Waals surface area contributed by atoms with Gasteiger partial charge in [0.15, 0.2) is 0 Å². The lowest BCUT2D eigenvalue weighted by atomic mass is 9.97. The standard InChI is InChI=1S/C26H18F2N2O4/c1-14(31)34-26-23-22(25(32)30(26)18-8-10-19(33-2)11-9-18)20-13-17(28)7-12-21(20)29-24(23)15-3-5-16(27)6-4-15/h3-13,26H,1-2H3/t26-/m0/s1. The number of anilines is 1. The van der Waals surface area contributed by atoms with Gasteiger partial charge in [0.05, 0.1) is 29.4 Å². The molecule has 0 aliphatic carbocycles. The number of hydrogen-bond donors (Lipinski definition) is 0. The van der Waals surface area contributed by atoms with Crippen molar-refractivity contribution in [1.29, 1.82) is 0 Å². The molecule has 3 aromatic carbocycles. The predicted molar refractivity (Wildman–Crippen MR) is 121 cm³/mol. The van der Waals surface area contributed by atoms with E-state index >= 15 is 0 Å². The van der Waals surface area contributed by atoms with Crippen LogP contribution >= 0.6 is 0 Å². The fourth-order valence-corrected chi connectivity index (χ4v) is 4.17. The fraction of sp³-hybridized carbons (Fsp3) is 0.115. The van der Waals surface area contributed by atoms with Gasteiger partial charge in [0.25, 0.3) is 5.91 Å². The van der Waals surface area contributed by atoms with E-state index < -0.39 is 29.7 Å². The van der Waals surface area contributed by atoms with Gasteiger partial charge in [-0.15, -0.1) is 0 Å². The lowest BCUT2D eigenvalue weighted by molar-refractivity contribution is -0.146. The Balaban J connectivity index is 1.81. The third kappa shape index (κ3) is 3.53. The zero-order valence-electron chi connectivity index (χ0n) is 18.2. The summed E-state index contributed by atoms with van der Waals surface area (Å²) >= 11 is 0. The maximum absolute atomic E-state index is 14.2. The quantitative estimate of drug-likeness (QED) is 0.381. The first-order chi connectivity index (χ1) is 16.4. The Bertz CT molecular complexity index is 1440. The van der Waals surface area contributed by atoms with Crippen molar-refractivity contribution in [1.82, 2.24) is 4.98 Å². The zero-order valence-corrected chi connectivity index (χ0v) is 18.2. The summed E-state index contributed by atoms with van der Waals surface area (Å²) in [6.07, 6.45) is -1.16. The highest BCUT2D eigenvalue weighted by Crippen LogP contribution is 2.45. The average molecular weight is 460 g/mol. The second kappa shape index (κ2) is 8.22. The Labute approximate surface area is 193 Å². The van der Waals surface area contributed by atoms with E-state index in [0.717, 1.165) is 0 Å². The Morgan fingerprint density at radius 1 is 0.971 bits per heavy atom. The number of methoxy groups -OCH3 is 1. The van der Waals surface area contributed by atoms with Crippen LogP contribution in [-0.2, 0) is 9.53 Å². The molecule has 1 aliphatic rings. The van der Waals surface area contributed by atoms with Gasteiger partial charge in [-0.05, 0) is 66.7 Å². The zero-order chi connectivity index (χ0) is 24.0. The summed E-state index contributed by atoms with van der Waals surface area (Å²) in [5.41, 5.74) is 2.16. The normalized spacial score (nSPS) is 14.9. The molecule has 1 aliphatic heterocycles. The molecule has 0 saturated carbocycles. The molecule has 170 valence electrons. The molecular weight excluding hydrogens is 442 g/mol. The first-order valence-electron chi connectivity index (χ1n) is 10.4. The molecule has 0 saturated heterocycles. The van der Waals surface area contributed by atoms with E-state index in [0.29, 0.717) is 39.2 Å². The topological polar surface area (TPSA) is 68.7 Å². The fourth-order valence-electron chi connectivity index (χ4n) is 4.17. The minimum Gasteiger partial charge on any atom is -0.497 e. The number of carbonyl (C=O) groups is 2. The highest BCUT2D eigenvalue weighted by Gasteiger charge is 2.44. The van der Waals surface area contributed by atoms with Crippen molar-refractivity contribution in [2.45, 2.75) is 13.2 Å². The van der Waals surface area contributed by atoms with Gasteiger partial charge in [-0.25, -0.2) is 13.8 Å². The van der Waals surface area contributed by atoms with Crippen LogP contribution in [0.4, 0.5) is 14.5 Å². The van der Waals surface area contributed by atoms with Gasteiger partial charge < -0.3 is 9.47 Å². The molecule has 8 heteroatoms. The SMILES string of the molecule is COc1ccc(N2C(=O)c3c(c(-c4ccc(F)cc4)nc4ccc(F)cc34)[C@@H]2OC(C)=O)cc1. The molecule has 0 bridgehead atoms. The van der Waals surface area contributed by atoms with Gasteiger partial charge in [0, 0.05) is 23.6 Å². The number of amides is 1. The van der Waals surface area contributed by atoms with Crippen LogP contribution in [0.5, 0.6) is 5.75 Å². The molecule has 5 rings (SSSR count). The number of halogens is 2. The third-order valence-electron chi connectivity index (χ3n) is 5.64. The first kappa shape index (κ1) is 21.5. The molecule has 34 heavy (non-hydrogen) atoms. The van der Waals surface area contributed by atoms with Crippen molar-refractivity contribution >= 4 is 28.5 Å². The van der Waals surface area contributed by atoms with E-state index in [1.165, 1.54) is 61.4 Å². The summed E-state index contributed by atoms with van der Waals surface area (Å²) in [6, 6.07) is 16.2. The Hall–Kier alpha value is -4.33. The highest BCUT2D eigenvalue weighted by atomic mass is 19.1. The van der Waals surface area contributed by atoms with E-state index in [1.54, 1.807) is 24.3 Å². The van der Waals surface area contributed by atoms with Crippen LogP contribution in [0, 0.1) is 11.6 Å². The van der Waals surface area contributed by atoms with Gasteiger partial charge >= 0.3 is 5.97 Å². The van der Waals surface area contributed by atoms with Crippen LogP contribution in [0.2, 0.25) is 0 Å². The van der Waals surface area contributed by atoms with Crippen LogP contribution < -0.4 is 9.64 Å². The van der Waals surface area contributed by atoms with E-state index in [1.807, 2.05) is 0 Å². The lowest BCUT2D eigenvalue weighted by Crippen LogP contribution is -2.30. The van der Waals surface area contributed by atoms with Gasteiger partial charge in [-0.3, -0.25) is 14.5 Å². The van der Waals surface area contributed by atoms with Crippen molar-refractivity contribution in [2.24, 2.45) is 0 Å². The van der Waals surface area contributed by atoms with Crippen molar-refractivity contribution < 1.29 is 27.8 Å². The number of pyridine rings is 1. The number of carbonyl (C=O) groups excluding carboxylic acids is 2.